The van der Waals surface area contributed by atoms with Crippen molar-refractivity contribution in [3.05, 3.63) is 93.7 Å². The number of carbonyl (C=O) groups is 4. The van der Waals surface area contributed by atoms with Crippen LogP contribution in [0.4, 0.5) is 21.2 Å². The maximum Gasteiger partial charge on any atom is 0.415 e. The molecule has 22 heteroatoms. The first-order valence-electron chi connectivity index (χ1n) is 22.1. The van der Waals surface area contributed by atoms with Crippen LogP contribution in [0.3, 0.4) is 0 Å². The molecule has 4 aliphatic heterocycles. The Morgan fingerprint density at radius 1 is 0.544 bits per heavy atom. The van der Waals surface area contributed by atoms with Gasteiger partial charge >= 0.3 is 12.2 Å². The van der Waals surface area contributed by atoms with Crippen LogP contribution in [0.5, 0.6) is 11.5 Å². The van der Waals surface area contributed by atoms with E-state index >= 15 is 0 Å². The summed E-state index contributed by atoms with van der Waals surface area (Å²) in [6.07, 6.45) is 15.4. The van der Waals surface area contributed by atoms with Crippen LogP contribution in [0.15, 0.2) is 61.2 Å². The zero-order valence-electron chi connectivity index (χ0n) is 37.2. The van der Waals surface area contributed by atoms with Crippen LogP contribution in [-0.4, -0.2) is 128 Å². The van der Waals surface area contributed by atoms with Gasteiger partial charge in [-0.05, 0) is 114 Å². The minimum absolute atomic E-state index is 0. The van der Waals surface area contributed by atoms with Crippen LogP contribution in [0, 0.1) is 22.7 Å². The van der Waals surface area contributed by atoms with Crippen LogP contribution in [-0.2, 0) is 0 Å². The number of ether oxygens (including phenoxy) is 2. The van der Waals surface area contributed by atoms with Gasteiger partial charge in [0.25, 0.3) is 11.8 Å². The van der Waals surface area contributed by atoms with Crippen molar-refractivity contribution in [2.24, 2.45) is 0 Å². The van der Waals surface area contributed by atoms with Gasteiger partial charge in [-0.3, -0.25) is 9.59 Å². The molecular formula is C46H52Cl4N12O6. The molecule has 0 radical (unpaired) electrons. The number of nitriles is 2. The Kier molecular flexibility index (Phi) is 20.3. The summed E-state index contributed by atoms with van der Waals surface area (Å²) in [4.78, 5) is 75.4. The Hall–Kier alpha value is -5.86. The van der Waals surface area contributed by atoms with Crippen molar-refractivity contribution >= 4 is 83.7 Å². The molecule has 0 aliphatic carbocycles. The van der Waals surface area contributed by atoms with Crippen molar-refractivity contribution in [2.45, 2.75) is 76.3 Å². The fourth-order valence-electron chi connectivity index (χ4n) is 8.52. The molecule has 4 aliphatic rings. The second-order valence-corrected chi connectivity index (χ2v) is 17.2. The molecule has 6 heterocycles. The molecule has 0 saturated carbocycles. The Morgan fingerprint density at radius 3 is 1.24 bits per heavy atom. The molecule has 68 heavy (non-hydrogen) atoms. The molecule has 4 saturated heterocycles. The van der Waals surface area contributed by atoms with Crippen molar-refractivity contribution in [3.8, 4) is 23.6 Å². The van der Waals surface area contributed by atoms with Gasteiger partial charge in [-0.1, -0.05) is 36.0 Å². The van der Waals surface area contributed by atoms with Gasteiger partial charge in [0.05, 0.1) is 35.9 Å². The topological polar surface area (TPSA) is 223 Å². The number of rotatable bonds is 8. The zero-order chi connectivity index (χ0) is 46.4. The normalized spacial score (nSPS) is 16.8. The Labute approximate surface area is 417 Å². The summed E-state index contributed by atoms with van der Waals surface area (Å²) in [5.74, 6) is -0.554. The molecule has 2 aromatic heterocycles. The van der Waals surface area contributed by atoms with Gasteiger partial charge in [-0.25, -0.2) is 29.5 Å². The van der Waals surface area contributed by atoms with Crippen LogP contribution < -0.4 is 20.1 Å². The lowest BCUT2D eigenvalue weighted by molar-refractivity contribution is 0.0869. The Balaban J connectivity index is 0.000000247. The van der Waals surface area contributed by atoms with Gasteiger partial charge in [0, 0.05) is 48.3 Å². The van der Waals surface area contributed by atoms with Crippen molar-refractivity contribution < 1.29 is 28.7 Å². The van der Waals surface area contributed by atoms with Crippen LogP contribution >= 0.6 is 48.0 Å². The molecule has 2 aromatic carbocycles. The number of nitrogens with one attached hydrogen (secondary N) is 2. The molecule has 360 valence electrons. The number of benzene rings is 2. The second kappa shape index (κ2) is 26.0. The SMILES string of the molecule is Cl.Cl.N#Cc1cnc(NC(=O)c2cc(Cl)ccc2OC(=O)N2CCC(N3CCCCC3)CC2)cn1.N#Cc1cnc(NC(=O)c2cc(Cl)ccc2OC(=O)N2CCC(N3CCCCC3)CC2)cn1. The highest BCUT2D eigenvalue weighted by molar-refractivity contribution is 6.31. The maximum absolute atomic E-state index is 12.8. The first kappa shape index (κ1) is 53.1. The highest BCUT2D eigenvalue weighted by Gasteiger charge is 2.31. The lowest BCUT2D eigenvalue weighted by Crippen LogP contribution is -2.48. The minimum atomic E-state index is -0.553. The molecule has 0 bridgehead atoms. The fraction of sp³-hybridized carbons (Fsp3) is 0.435. The molecule has 18 nitrogen and oxygen atoms in total. The van der Waals surface area contributed by atoms with Gasteiger partial charge in [-0.2, -0.15) is 10.5 Å². The summed E-state index contributed by atoms with van der Waals surface area (Å²) >= 11 is 12.2. The number of anilines is 2. The van der Waals surface area contributed by atoms with E-state index in [9.17, 15) is 19.2 Å². The number of amides is 4. The van der Waals surface area contributed by atoms with E-state index in [1.807, 2.05) is 12.1 Å². The fourth-order valence-corrected chi connectivity index (χ4v) is 8.86. The van der Waals surface area contributed by atoms with Crippen molar-refractivity contribution in [2.75, 3.05) is 63.0 Å². The van der Waals surface area contributed by atoms with E-state index in [0.29, 0.717) is 48.3 Å². The predicted molar refractivity (Wildman–Crippen MR) is 259 cm³/mol. The standard InChI is InChI=1S/2C23H25ClN6O3.2ClH/c2*24-16-4-5-20(19(12-16)22(31)28-21-15-26-17(13-25)14-27-21)33-23(32)30-10-6-18(7-11-30)29-8-2-1-3-9-29;;/h2*4-5,12,14-15,18H,1-3,6-11H2,(H,27,28,31);2*1H. The van der Waals surface area contributed by atoms with Crippen molar-refractivity contribution in [1.29, 1.82) is 10.5 Å². The molecule has 0 atom stereocenters. The van der Waals surface area contributed by atoms with Gasteiger partial charge < -0.3 is 39.7 Å². The number of hydrogen-bond acceptors (Lipinski definition) is 14. The highest BCUT2D eigenvalue weighted by Crippen LogP contribution is 2.28. The molecule has 8 rings (SSSR count). The molecule has 0 spiro atoms. The van der Waals surface area contributed by atoms with Gasteiger partial charge in [0.1, 0.15) is 23.6 Å². The first-order valence-corrected chi connectivity index (χ1v) is 22.9. The third-order valence-corrected chi connectivity index (χ3v) is 12.5. The van der Waals surface area contributed by atoms with Crippen LogP contribution in [0.25, 0.3) is 0 Å². The number of aromatic nitrogens is 4. The zero-order valence-corrected chi connectivity index (χ0v) is 40.3. The average Bonchev–Trinajstić information content (AvgIpc) is 3.36. The maximum atomic E-state index is 12.8. The number of likely N-dealkylation sites (tertiary alicyclic amines) is 4. The van der Waals surface area contributed by atoms with Gasteiger partial charge in [0.15, 0.2) is 23.0 Å². The van der Waals surface area contributed by atoms with Crippen LogP contribution in [0.1, 0.15) is 96.3 Å². The number of halogens is 4. The third-order valence-electron chi connectivity index (χ3n) is 12.0. The molecule has 4 amide bonds. The molecule has 4 aromatic rings. The van der Waals surface area contributed by atoms with E-state index in [1.54, 1.807) is 21.9 Å². The van der Waals surface area contributed by atoms with Crippen LogP contribution in [0.2, 0.25) is 10.0 Å². The van der Waals surface area contributed by atoms with Crippen molar-refractivity contribution in [1.82, 2.24) is 39.5 Å². The number of hydrogen-bond donors (Lipinski definition) is 2. The number of nitrogens with zero attached hydrogens (tertiary/aromatic N) is 10. The Morgan fingerprint density at radius 2 is 0.912 bits per heavy atom. The molecule has 0 unspecified atom stereocenters. The lowest BCUT2D eigenvalue weighted by atomic mass is 10.0. The number of piperidine rings is 4. The highest BCUT2D eigenvalue weighted by atomic mass is 35.5. The summed E-state index contributed by atoms with van der Waals surface area (Å²) in [7, 11) is 0. The van der Waals surface area contributed by atoms with E-state index in [4.69, 9.17) is 43.2 Å². The van der Waals surface area contributed by atoms with Crippen molar-refractivity contribution in [3.63, 3.8) is 0 Å². The van der Waals surface area contributed by atoms with Gasteiger partial charge in [-0.15, -0.1) is 24.8 Å². The lowest BCUT2D eigenvalue weighted by Gasteiger charge is -2.39. The monoisotopic (exact) mass is 1010 g/mol. The first-order chi connectivity index (χ1) is 32.1. The minimum Gasteiger partial charge on any atom is -0.409 e. The largest absolute Gasteiger partial charge is 0.415 e. The third kappa shape index (κ3) is 14.6. The van der Waals surface area contributed by atoms with E-state index < -0.39 is 24.0 Å². The number of carbonyl (C=O) groups excluding carboxylic acids is 4. The smallest absolute Gasteiger partial charge is 0.409 e. The summed E-state index contributed by atoms with van der Waals surface area (Å²) in [6.45, 7) is 7.05. The Bertz CT molecular complexity index is 2260. The average molecular weight is 1010 g/mol. The van der Waals surface area contributed by atoms with Gasteiger partial charge in [0.2, 0.25) is 0 Å². The second-order valence-electron chi connectivity index (χ2n) is 16.4. The molecule has 2 N–H and O–H groups in total. The van der Waals surface area contributed by atoms with E-state index in [-0.39, 0.29) is 70.5 Å². The van der Waals surface area contributed by atoms with E-state index in [2.05, 4.69) is 40.4 Å². The quantitative estimate of drug-likeness (QED) is 0.170. The molecular weight excluding hydrogens is 958 g/mol. The summed E-state index contributed by atoms with van der Waals surface area (Å²) < 4.78 is 11.2. The summed E-state index contributed by atoms with van der Waals surface area (Å²) in [6, 6.07) is 13.7. The summed E-state index contributed by atoms with van der Waals surface area (Å²) in [5, 5.41) is 23.5. The van der Waals surface area contributed by atoms with E-state index in [0.717, 1.165) is 51.9 Å². The predicted octanol–water partition coefficient (Wildman–Crippen LogP) is 8.25. The molecule has 4 fully saturated rings. The van der Waals surface area contributed by atoms with E-state index in [1.165, 1.54) is 87.6 Å². The summed E-state index contributed by atoms with van der Waals surface area (Å²) in [5.41, 5.74) is 0.472.